The highest BCUT2D eigenvalue weighted by Crippen LogP contribution is 2.27. The number of piperidine rings is 1. The van der Waals surface area contributed by atoms with E-state index < -0.39 is 0 Å². The van der Waals surface area contributed by atoms with Crippen molar-refractivity contribution in [3.8, 4) is 11.5 Å². The van der Waals surface area contributed by atoms with Gasteiger partial charge < -0.3 is 25.0 Å². The number of nitrogens with one attached hydrogen (secondary N) is 2. The Morgan fingerprint density at radius 1 is 1.22 bits per heavy atom. The fourth-order valence-electron chi connectivity index (χ4n) is 3.30. The fraction of sp³-hybridized carbons (Fsp3) is 0.667. The number of likely N-dealkylation sites (tertiary alicyclic amines) is 1. The lowest BCUT2D eigenvalue weighted by Gasteiger charge is -2.30. The molecule has 152 valence electrons. The number of ether oxygens (including phenoxy) is 2. The van der Waals surface area contributed by atoms with Crippen LogP contribution < -0.4 is 20.1 Å². The molecule has 0 aromatic heterocycles. The first-order chi connectivity index (χ1) is 13.2. The molecule has 1 aromatic rings. The van der Waals surface area contributed by atoms with Gasteiger partial charge in [-0.15, -0.1) is 0 Å². The topological polar surface area (TPSA) is 58.1 Å². The van der Waals surface area contributed by atoms with Crippen LogP contribution in [0, 0.1) is 5.92 Å². The van der Waals surface area contributed by atoms with Crippen LogP contribution in [0.25, 0.3) is 0 Å². The maximum Gasteiger partial charge on any atom is 0.191 e. The van der Waals surface area contributed by atoms with Gasteiger partial charge in [0.15, 0.2) is 17.5 Å². The third kappa shape index (κ3) is 7.29. The summed E-state index contributed by atoms with van der Waals surface area (Å²) < 4.78 is 11.0. The molecule has 1 aliphatic rings. The molecule has 1 saturated heterocycles. The number of benzene rings is 1. The fourth-order valence-corrected chi connectivity index (χ4v) is 3.30. The molecule has 2 N–H and O–H groups in total. The van der Waals surface area contributed by atoms with Crippen LogP contribution in [0.15, 0.2) is 23.2 Å². The number of rotatable bonds is 9. The molecule has 0 aliphatic carbocycles. The third-order valence-corrected chi connectivity index (χ3v) is 5.03. The summed E-state index contributed by atoms with van der Waals surface area (Å²) in [5.41, 5.74) is 1.13. The van der Waals surface area contributed by atoms with Crippen LogP contribution in [0.3, 0.4) is 0 Å². The average molecular weight is 377 g/mol. The molecule has 0 bridgehead atoms. The van der Waals surface area contributed by atoms with Crippen molar-refractivity contribution in [1.29, 1.82) is 0 Å². The molecule has 0 saturated carbocycles. The molecule has 0 atom stereocenters. The molecule has 0 radical (unpaired) electrons. The molecule has 1 aliphatic heterocycles. The maximum absolute atomic E-state index is 5.64. The quantitative estimate of drug-likeness (QED) is 0.394. The molecule has 1 heterocycles. The highest BCUT2D eigenvalue weighted by atomic mass is 16.5. The standard InChI is InChI=1S/C21H36N4O2/c1-5-27-20-15-18(7-8-19(20)26-4)16-24-21(22-3)23-11-6-12-25-13-9-17(2)10-14-25/h7-8,15,17H,5-6,9-14,16H2,1-4H3,(H2,22,23,24). The van der Waals surface area contributed by atoms with Crippen LogP contribution in [0.4, 0.5) is 0 Å². The monoisotopic (exact) mass is 376 g/mol. The lowest BCUT2D eigenvalue weighted by Crippen LogP contribution is -2.39. The van der Waals surface area contributed by atoms with Crippen molar-refractivity contribution in [1.82, 2.24) is 15.5 Å². The van der Waals surface area contributed by atoms with E-state index in [2.05, 4.69) is 27.4 Å². The van der Waals surface area contributed by atoms with E-state index in [1.54, 1.807) is 14.2 Å². The Kier molecular flexibility index (Phi) is 9.25. The van der Waals surface area contributed by atoms with Crippen molar-refractivity contribution >= 4 is 5.96 Å². The summed E-state index contributed by atoms with van der Waals surface area (Å²) in [4.78, 5) is 6.89. The zero-order chi connectivity index (χ0) is 19.5. The summed E-state index contributed by atoms with van der Waals surface area (Å²) in [6, 6.07) is 6.00. The molecule has 0 unspecified atom stereocenters. The van der Waals surface area contributed by atoms with E-state index >= 15 is 0 Å². The maximum atomic E-state index is 5.64. The van der Waals surface area contributed by atoms with Crippen LogP contribution in [0.5, 0.6) is 11.5 Å². The van der Waals surface area contributed by atoms with Crippen molar-refractivity contribution in [2.45, 2.75) is 39.7 Å². The Labute approximate surface area is 164 Å². The molecule has 6 nitrogen and oxygen atoms in total. The first kappa shape index (κ1) is 21.4. The van der Waals surface area contributed by atoms with Gasteiger partial charge in [-0.25, -0.2) is 0 Å². The lowest BCUT2D eigenvalue weighted by atomic mass is 9.99. The van der Waals surface area contributed by atoms with Crippen molar-refractivity contribution in [3.63, 3.8) is 0 Å². The zero-order valence-corrected chi connectivity index (χ0v) is 17.4. The van der Waals surface area contributed by atoms with Gasteiger partial charge in [-0.1, -0.05) is 13.0 Å². The van der Waals surface area contributed by atoms with Crippen LogP contribution in [0.2, 0.25) is 0 Å². The van der Waals surface area contributed by atoms with Crippen molar-refractivity contribution < 1.29 is 9.47 Å². The molecule has 0 amide bonds. The normalized spacial score (nSPS) is 16.2. The number of methoxy groups -OCH3 is 1. The van der Waals surface area contributed by atoms with Gasteiger partial charge in [0.2, 0.25) is 0 Å². The average Bonchev–Trinajstić information content (AvgIpc) is 2.69. The number of hydrogen-bond acceptors (Lipinski definition) is 4. The Balaban J connectivity index is 1.71. The van der Waals surface area contributed by atoms with Gasteiger partial charge in [-0.3, -0.25) is 4.99 Å². The first-order valence-electron chi connectivity index (χ1n) is 10.1. The number of nitrogens with zero attached hydrogens (tertiary/aromatic N) is 2. The highest BCUT2D eigenvalue weighted by molar-refractivity contribution is 5.79. The van der Waals surface area contributed by atoms with Crippen LogP contribution >= 0.6 is 0 Å². The largest absolute Gasteiger partial charge is 0.493 e. The summed E-state index contributed by atoms with van der Waals surface area (Å²) in [5.74, 6) is 3.26. The summed E-state index contributed by atoms with van der Waals surface area (Å²) in [5, 5.41) is 6.77. The van der Waals surface area contributed by atoms with E-state index in [9.17, 15) is 0 Å². The van der Waals surface area contributed by atoms with E-state index in [4.69, 9.17) is 9.47 Å². The summed E-state index contributed by atoms with van der Waals surface area (Å²) in [6.45, 7) is 10.2. The SMILES string of the molecule is CCOc1cc(CNC(=NC)NCCCN2CCC(C)CC2)ccc1OC. The Morgan fingerprint density at radius 2 is 2.00 bits per heavy atom. The molecule has 27 heavy (non-hydrogen) atoms. The zero-order valence-electron chi connectivity index (χ0n) is 17.4. The van der Waals surface area contributed by atoms with Gasteiger partial charge in [-0.05, 0) is 69.4 Å². The predicted molar refractivity (Wildman–Crippen MR) is 112 cm³/mol. The second-order valence-electron chi connectivity index (χ2n) is 7.15. The minimum absolute atomic E-state index is 0.617. The van der Waals surface area contributed by atoms with E-state index in [1.807, 2.05) is 25.1 Å². The Morgan fingerprint density at radius 3 is 2.67 bits per heavy atom. The van der Waals surface area contributed by atoms with Gasteiger partial charge in [0, 0.05) is 20.1 Å². The highest BCUT2D eigenvalue weighted by Gasteiger charge is 2.14. The predicted octanol–water partition coefficient (Wildman–Crippen LogP) is 2.88. The lowest BCUT2D eigenvalue weighted by molar-refractivity contribution is 0.191. The van der Waals surface area contributed by atoms with E-state index in [1.165, 1.54) is 25.9 Å². The first-order valence-corrected chi connectivity index (χ1v) is 10.1. The molecular weight excluding hydrogens is 340 g/mol. The minimum atomic E-state index is 0.617. The van der Waals surface area contributed by atoms with Gasteiger partial charge in [0.1, 0.15) is 0 Å². The second kappa shape index (κ2) is 11.7. The summed E-state index contributed by atoms with van der Waals surface area (Å²) >= 11 is 0. The molecule has 0 spiro atoms. The number of guanidine groups is 1. The van der Waals surface area contributed by atoms with Crippen molar-refractivity contribution in [2.75, 3.05) is 46.9 Å². The molecule has 6 heteroatoms. The van der Waals surface area contributed by atoms with Crippen LogP contribution in [-0.2, 0) is 6.54 Å². The molecule has 1 aromatic carbocycles. The van der Waals surface area contributed by atoms with Crippen molar-refractivity contribution in [3.05, 3.63) is 23.8 Å². The van der Waals surface area contributed by atoms with Crippen molar-refractivity contribution in [2.24, 2.45) is 10.9 Å². The molecule has 2 rings (SSSR count). The van der Waals surface area contributed by atoms with E-state index in [-0.39, 0.29) is 0 Å². The van der Waals surface area contributed by atoms with E-state index in [0.717, 1.165) is 48.5 Å². The van der Waals surface area contributed by atoms with Gasteiger partial charge in [-0.2, -0.15) is 0 Å². The van der Waals surface area contributed by atoms with E-state index in [0.29, 0.717) is 13.2 Å². The van der Waals surface area contributed by atoms with Crippen LogP contribution in [-0.4, -0.2) is 57.8 Å². The number of hydrogen-bond donors (Lipinski definition) is 2. The molecular formula is C21H36N4O2. The Bertz CT molecular complexity index is 584. The molecule has 1 fully saturated rings. The summed E-state index contributed by atoms with van der Waals surface area (Å²) in [6.07, 6.45) is 3.80. The minimum Gasteiger partial charge on any atom is -0.493 e. The smallest absolute Gasteiger partial charge is 0.191 e. The number of aliphatic imine (C=N–C) groups is 1. The van der Waals surface area contributed by atoms with Gasteiger partial charge in [0.05, 0.1) is 13.7 Å². The summed E-state index contributed by atoms with van der Waals surface area (Å²) in [7, 11) is 3.47. The third-order valence-electron chi connectivity index (χ3n) is 5.03. The van der Waals surface area contributed by atoms with Gasteiger partial charge in [0.25, 0.3) is 0 Å². The van der Waals surface area contributed by atoms with Gasteiger partial charge >= 0.3 is 0 Å². The second-order valence-corrected chi connectivity index (χ2v) is 7.15. The Hall–Kier alpha value is -1.95. The van der Waals surface area contributed by atoms with Crippen LogP contribution in [0.1, 0.15) is 38.7 Å².